The van der Waals surface area contributed by atoms with Gasteiger partial charge in [-0.2, -0.15) is 0 Å². The summed E-state index contributed by atoms with van der Waals surface area (Å²) in [5, 5.41) is 8.41. The number of rotatable bonds is 11. The van der Waals surface area contributed by atoms with Crippen molar-refractivity contribution in [1.29, 1.82) is 0 Å². The zero-order valence-corrected chi connectivity index (χ0v) is 21.7. The monoisotopic (exact) mass is 574 g/mol. The Balaban J connectivity index is 1.11. The Bertz CT molecular complexity index is 1390. The van der Waals surface area contributed by atoms with E-state index >= 15 is 0 Å². The van der Waals surface area contributed by atoms with Crippen LogP contribution in [-0.4, -0.2) is 37.5 Å². The van der Waals surface area contributed by atoms with Crippen molar-refractivity contribution in [2.24, 2.45) is 0 Å². The van der Waals surface area contributed by atoms with Crippen LogP contribution in [0.3, 0.4) is 0 Å². The van der Waals surface area contributed by atoms with Gasteiger partial charge in [0.15, 0.2) is 0 Å². The fraction of sp³-hybridized carbons (Fsp3) is 0.0667. The van der Waals surface area contributed by atoms with E-state index in [0.29, 0.717) is 11.1 Å². The molecule has 0 aliphatic rings. The average molecular weight is 574 g/mol. The summed E-state index contributed by atoms with van der Waals surface area (Å²) in [7, 11) is 0. The van der Waals surface area contributed by atoms with Crippen LogP contribution in [0, 0.1) is 0 Å². The molecular weight excluding hydrogens is 552 g/mol. The van der Waals surface area contributed by atoms with Gasteiger partial charge < -0.3 is 9.47 Å². The maximum Gasteiger partial charge on any atom is 0.543 e. The molecule has 42 heavy (non-hydrogen) atoms. The normalized spacial score (nSPS) is 10.2. The largest absolute Gasteiger partial charge is 0.543 e. The molecule has 0 atom stereocenters. The lowest BCUT2D eigenvalue weighted by Crippen LogP contribution is -2.17. The van der Waals surface area contributed by atoms with E-state index < -0.39 is 37.5 Å². The first-order valence-electron chi connectivity index (χ1n) is 12.3. The second-order valence-electron chi connectivity index (χ2n) is 8.06. The molecule has 0 unspecified atom stereocenters. The smallest absolute Gasteiger partial charge is 0.429 e. The number of hydrogen-bond donors (Lipinski definition) is 0. The third kappa shape index (κ3) is 8.39. The maximum atomic E-state index is 12.4. The summed E-state index contributed by atoms with van der Waals surface area (Å²) in [5.74, 6) is -1.84. The minimum atomic E-state index is -1.39. The van der Waals surface area contributed by atoms with E-state index in [0.717, 1.165) is 11.1 Å². The van der Waals surface area contributed by atoms with Crippen LogP contribution in [0.1, 0.15) is 20.7 Å². The molecule has 0 fully saturated rings. The molecule has 0 amide bonds. The quantitative estimate of drug-likeness (QED) is 0.0892. The molecule has 12 nitrogen and oxygen atoms in total. The fourth-order valence-electron chi connectivity index (χ4n) is 3.60. The van der Waals surface area contributed by atoms with E-state index in [2.05, 4.69) is 39.1 Å². The minimum absolute atomic E-state index is 0.167. The molecule has 4 rings (SSSR count). The summed E-state index contributed by atoms with van der Waals surface area (Å²) in [5.41, 5.74) is 3.02. The van der Waals surface area contributed by atoms with Gasteiger partial charge in [0.25, 0.3) is 0 Å². The summed E-state index contributed by atoms with van der Waals surface area (Å²) >= 11 is 0. The van der Waals surface area contributed by atoms with E-state index in [1.807, 2.05) is 60.7 Å². The molecule has 0 spiro atoms. The minimum Gasteiger partial charge on any atom is -0.429 e. The molecule has 0 radical (unpaired) electrons. The summed E-state index contributed by atoms with van der Waals surface area (Å²) in [6.07, 6.45) is -2.78. The van der Waals surface area contributed by atoms with Crippen molar-refractivity contribution in [3.63, 3.8) is 0 Å². The van der Waals surface area contributed by atoms with Crippen LogP contribution in [0.5, 0.6) is 0 Å². The van der Waals surface area contributed by atoms with Gasteiger partial charge in [-0.3, -0.25) is 9.78 Å². The molecular formula is C30H22O12. The van der Waals surface area contributed by atoms with E-state index in [1.54, 1.807) is 36.4 Å². The summed E-state index contributed by atoms with van der Waals surface area (Å²) in [6.45, 7) is -0.987. The van der Waals surface area contributed by atoms with E-state index in [9.17, 15) is 19.2 Å². The van der Waals surface area contributed by atoms with Gasteiger partial charge in [-0.1, -0.05) is 97.1 Å². The molecule has 0 aliphatic carbocycles. The average Bonchev–Trinajstić information content (AvgIpc) is 3.04. The summed E-state index contributed by atoms with van der Waals surface area (Å²) in [6, 6.07) is 31.3. The second-order valence-corrected chi connectivity index (χ2v) is 8.06. The molecule has 0 aliphatic heterocycles. The number of hydrogen-bond acceptors (Lipinski definition) is 12. The lowest BCUT2D eigenvalue weighted by Gasteiger charge is -2.08. The molecule has 0 bridgehead atoms. The Morgan fingerprint density at radius 2 is 0.786 bits per heavy atom. The van der Waals surface area contributed by atoms with Gasteiger partial charge >= 0.3 is 24.2 Å². The Kier molecular flexibility index (Phi) is 10.6. The highest BCUT2D eigenvalue weighted by molar-refractivity contribution is 5.97. The molecule has 0 aromatic heterocycles. The Morgan fingerprint density at radius 3 is 1.19 bits per heavy atom. The lowest BCUT2D eigenvalue weighted by atomic mass is 10.00. The van der Waals surface area contributed by atoms with Crippen LogP contribution in [0.2, 0.25) is 0 Å². The van der Waals surface area contributed by atoms with Crippen molar-refractivity contribution < 1.29 is 58.3 Å². The number of benzene rings is 4. The standard InChI is InChI=1S/C30H22O12/c31-27(25-17-9-7-15-23(25)21-11-3-1-4-12-21)37-41-39-29(33)35-19-20-36-30(34)40-42-38-28(32)26-18-10-8-16-24(26)22-13-5-2-6-14-22/h1-18H,19-20H2. The molecule has 0 saturated heterocycles. The second kappa shape index (κ2) is 15.2. The molecule has 214 valence electrons. The van der Waals surface area contributed by atoms with E-state index in [-0.39, 0.29) is 11.1 Å². The molecule has 0 heterocycles. The molecule has 12 heteroatoms. The third-order valence-corrected chi connectivity index (χ3v) is 5.41. The van der Waals surface area contributed by atoms with Crippen molar-refractivity contribution >= 4 is 24.2 Å². The molecule has 0 saturated carbocycles. The number of carbonyl (C=O) groups excluding carboxylic acids is 4. The Morgan fingerprint density at radius 1 is 0.429 bits per heavy atom. The van der Waals surface area contributed by atoms with Crippen molar-refractivity contribution in [2.45, 2.75) is 0 Å². The third-order valence-electron chi connectivity index (χ3n) is 5.41. The maximum absolute atomic E-state index is 12.4. The van der Waals surface area contributed by atoms with E-state index in [1.165, 1.54) is 12.1 Å². The Labute approximate surface area is 238 Å². The van der Waals surface area contributed by atoms with Gasteiger partial charge in [-0.15, -0.1) is 0 Å². The van der Waals surface area contributed by atoms with Crippen LogP contribution in [0.15, 0.2) is 109 Å². The Hall–Kier alpha value is -5.72. The first-order valence-corrected chi connectivity index (χ1v) is 12.3. The van der Waals surface area contributed by atoms with Crippen LogP contribution < -0.4 is 0 Å². The lowest BCUT2D eigenvalue weighted by molar-refractivity contribution is -0.453. The first kappa shape index (κ1) is 29.3. The number of ether oxygens (including phenoxy) is 2. The van der Waals surface area contributed by atoms with Crippen molar-refractivity contribution in [3.05, 3.63) is 120 Å². The van der Waals surface area contributed by atoms with Gasteiger partial charge in [-0.05, 0) is 34.4 Å². The SMILES string of the molecule is O=C(OCCOC(=O)OOOC(=O)c1ccccc1-c1ccccc1)OOOC(=O)c1ccccc1-c1ccccc1. The van der Waals surface area contributed by atoms with Crippen molar-refractivity contribution in [3.8, 4) is 22.3 Å². The van der Waals surface area contributed by atoms with Crippen LogP contribution in [0.4, 0.5) is 9.59 Å². The summed E-state index contributed by atoms with van der Waals surface area (Å²) in [4.78, 5) is 65.3. The van der Waals surface area contributed by atoms with Gasteiger partial charge in [0, 0.05) is 0 Å². The molecule has 4 aromatic carbocycles. The van der Waals surface area contributed by atoms with Gasteiger partial charge in [0.1, 0.15) is 13.2 Å². The predicted octanol–water partition coefficient (Wildman–Crippen LogP) is 6.03. The van der Waals surface area contributed by atoms with Crippen LogP contribution >= 0.6 is 0 Å². The van der Waals surface area contributed by atoms with E-state index in [4.69, 9.17) is 0 Å². The van der Waals surface area contributed by atoms with Gasteiger partial charge in [0.2, 0.25) is 0 Å². The zero-order chi connectivity index (χ0) is 29.6. The van der Waals surface area contributed by atoms with Gasteiger partial charge in [-0.25, -0.2) is 29.0 Å². The fourth-order valence-corrected chi connectivity index (χ4v) is 3.60. The van der Waals surface area contributed by atoms with Crippen LogP contribution in [-0.2, 0) is 39.1 Å². The van der Waals surface area contributed by atoms with Crippen molar-refractivity contribution in [1.82, 2.24) is 0 Å². The zero-order valence-electron chi connectivity index (χ0n) is 21.7. The molecule has 4 aromatic rings. The highest BCUT2D eigenvalue weighted by Crippen LogP contribution is 2.25. The van der Waals surface area contributed by atoms with Crippen molar-refractivity contribution in [2.75, 3.05) is 13.2 Å². The van der Waals surface area contributed by atoms with Gasteiger partial charge in [0.05, 0.1) is 21.2 Å². The molecule has 0 N–H and O–H groups in total. The highest BCUT2D eigenvalue weighted by Gasteiger charge is 2.18. The predicted molar refractivity (Wildman–Crippen MR) is 142 cm³/mol. The number of carbonyl (C=O) groups is 4. The summed E-state index contributed by atoms with van der Waals surface area (Å²) < 4.78 is 9.18. The topological polar surface area (TPSA) is 142 Å². The highest BCUT2D eigenvalue weighted by atomic mass is 17.5. The van der Waals surface area contributed by atoms with Crippen LogP contribution in [0.25, 0.3) is 22.3 Å². The first-order chi connectivity index (χ1) is 20.5.